The summed E-state index contributed by atoms with van der Waals surface area (Å²) in [5.74, 6) is -0.146. The summed E-state index contributed by atoms with van der Waals surface area (Å²) >= 11 is 0. The fourth-order valence-corrected chi connectivity index (χ4v) is 3.08. The van der Waals surface area contributed by atoms with Crippen molar-refractivity contribution in [1.82, 2.24) is 4.72 Å². The molecule has 0 aromatic heterocycles. The van der Waals surface area contributed by atoms with Gasteiger partial charge >= 0.3 is 0 Å². The molecule has 1 aliphatic rings. The first-order chi connectivity index (χ1) is 8.81. The number of hydrogen-bond donors (Lipinski definition) is 1. The lowest BCUT2D eigenvalue weighted by Crippen LogP contribution is -2.43. The van der Waals surface area contributed by atoms with E-state index < -0.39 is 15.6 Å². The molecule has 0 spiro atoms. The molecule has 1 aliphatic carbocycles. The minimum Gasteiger partial charge on any atom is -0.290 e. The summed E-state index contributed by atoms with van der Waals surface area (Å²) in [6.07, 6.45) is 5.80. The van der Waals surface area contributed by atoms with E-state index >= 15 is 0 Å². The van der Waals surface area contributed by atoms with Gasteiger partial charge < -0.3 is 0 Å². The van der Waals surface area contributed by atoms with Gasteiger partial charge in [0.25, 0.3) is 0 Å². The first kappa shape index (κ1) is 13.7. The van der Waals surface area contributed by atoms with E-state index in [1.807, 2.05) is 6.92 Å². The summed E-state index contributed by atoms with van der Waals surface area (Å²) < 4.78 is 27.0. The van der Waals surface area contributed by atoms with Crippen LogP contribution in [0.2, 0.25) is 0 Å². The van der Waals surface area contributed by atoms with Gasteiger partial charge in [-0.05, 0) is 38.1 Å². The second kappa shape index (κ2) is 4.75. The third kappa shape index (κ3) is 3.19. The van der Waals surface area contributed by atoms with Crippen molar-refractivity contribution in [2.75, 3.05) is 0 Å². The molecule has 0 aliphatic heterocycles. The molecule has 0 unspecified atom stereocenters. The van der Waals surface area contributed by atoms with Crippen molar-refractivity contribution in [2.24, 2.45) is 0 Å². The Morgan fingerprint density at radius 2 is 1.58 bits per heavy atom. The summed E-state index contributed by atoms with van der Waals surface area (Å²) in [7, 11) is -3.62. The van der Waals surface area contributed by atoms with Crippen molar-refractivity contribution in [2.45, 2.75) is 24.3 Å². The molecule has 0 radical (unpaired) electrons. The predicted molar refractivity (Wildman–Crippen MR) is 73.2 cm³/mol. The van der Waals surface area contributed by atoms with Gasteiger partial charge in [-0.15, -0.1) is 0 Å². The second-order valence-corrected chi connectivity index (χ2v) is 6.45. The molecular formula is C14H15NO3S. The van der Waals surface area contributed by atoms with Gasteiger partial charge in [0.15, 0.2) is 5.78 Å². The van der Waals surface area contributed by atoms with E-state index in [-0.39, 0.29) is 10.7 Å². The average molecular weight is 277 g/mol. The molecule has 0 bridgehead atoms. The van der Waals surface area contributed by atoms with E-state index in [1.54, 1.807) is 43.3 Å². The van der Waals surface area contributed by atoms with Crippen molar-refractivity contribution < 1.29 is 13.2 Å². The van der Waals surface area contributed by atoms with Crippen molar-refractivity contribution in [3.63, 3.8) is 0 Å². The molecule has 1 aromatic rings. The van der Waals surface area contributed by atoms with Crippen molar-refractivity contribution in [3.05, 3.63) is 54.1 Å². The number of carbonyl (C=O) groups excluding carboxylic acids is 1. The van der Waals surface area contributed by atoms with E-state index in [9.17, 15) is 13.2 Å². The van der Waals surface area contributed by atoms with Crippen molar-refractivity contribution in [3.8, 4) is 0 Å². The molecule has 1 aromatic carbocycles. The lowest BCUT2D eigenvalue weighted by atomic mass is 9.98. The normalized spacial score (nSPS) is 17.7. The van der Waals surface area contributed by atoms with Crippen LogP contribution in [0, 0.1) is 6.92 Å². The third-order valence-electron chi connectivity index (χ3n) is 2.87. The number of hydrogen-bond acceptors (Lipinski definition) is 3. The fraction of sp³-hybridized carbons (Fsp3) is 0.214. The number of rotatable bonds is 3. The first-order valence-corrected chi connectivity index (χ1v) is 7.32. The zero-order valence-electron chi connectivity index (χ0n) is 10.8. The zero-order valence-corrected chi connectivity index (χ0v) is 11.6. The highest BCUT2D eigenvalue weighted by Gasteiger charge is 2.27. The van der Waals surface area contributed by atoms with Crippen molar-refractivity contribution >= 4 is 15.8 Å². The van der Waals surface area contributed by atoms with Crippen LogP contribution < -0.4 is 4.72 Å². The monoisotopic (exact) mass is 277 g/mol. The van der Waals surface area contributed by atoms with E-state index in [0.717, 1.165) is 5.56 Å². The molecule has 1 N–H and O–H groups in total. The number of sulfonamides is 1. The molecule has 4 nitrogen and oxygen atoms in total. The molecule has 19 heavy (non-hydrogen) atoms. The minimum atomic E-state index is -3.62. The Labute approximate surface area is 112 Å². The van der Waals surface area contributed by atoms with Gasteiger partial charge in [0.1, 0.15) is 0 Å². The number of aryl methyl sites for hydroxylation is 1. The molecule has 2 rings (SSSR count). The van der Waals surface area contributed by atoms with Gasteiger partial charge in [-0.1, -0.05) is 29.8 Å². The molecule has 0 atom stereocenters. The molecule has 0 saturated carbocycles. The van der Waals surface area contributed by atoms with Crippen LogP contribution in [0.1, 0.15) is 12.5 Å². The van der Waals surface area contributed by atoms with Crippen LogP contribution in [0.5, 0.6) is 0 Å². The largest absolute Gasteiger partial charge is 0.290 e. The third-order valence-corrected chi connectivity index (χ3v) is 4.47. The van der Waals surface area contributed by atoms with E-state index in [4.69, 9.17) is 0 Å². The summed E-state index contributed by atoms with van der Waals surface area (Å²) in [4.78, 5) is 11.3. The lowest BCUT2D eigenvalue weighted by Gasteiger charge is -2.25. The Morgan fingerprint density at radius 3 is 2.11 bits per heavy atom. The molecule has 0 fully saturated rings. The zero-order chi connectivity index (χ0) is 14.1. The molecule has 5 heteroatoms. The predicted octanol–water partition coefficient (Wildman–Crippen LogP) is 1.73. The summed E-state index contributed by atoms with van der Waals surface area (Å²) in [6.45, 7) is 3.58. The van der Waals surface area contributed by atoms with Crippen LogP contribution in [-0.4, -0.2) is 19.7 Å². The molecule has 0 heterocycles. The average Bonchev–Trinajstić information content (AvgIpc) is 2.33. The molecule has 0 amide bonds. The van der Waals surface area contributed by atoms with Gasteiger partial charge in [0, 0.05) is 0 Å². The number of ketones is 1. The highest BCUT2D eigenvalue weighted by atomic mass is 32.2. The number of nitrogens with one attached hydrogen (secondary N) is 1. The Balaban J connectivity index is 2.27. The number of benzene rings is 1. The van der Waals surface area contributed by atoms with Crippen LogP contribution in [0.25, 0.3) is 0 Å². The van der Waals surface area contributed by atoms with Crippen LogP contribution >= 0.6 is 0 Å². The Hall–Kier alpha value is -1.72. The van der Waals surface area contributed by atoms with Gasteiger partial charge in [-0.3, -0.25) is 4.79 Å². The van der Waals surface area contributed by atoms with Gasteiger partial charge in [-0.2, -0.15) is 4.72 Å². The van der Waals surface area contributed by atoms with Crippen LogP contribution in [0.3, 0.4) is 0 Å². The smallest absolute Gasteiger partial charge is 0.241 e. The fourth-order valence-electron chi connectivity index (χ4n) is 1.76. The lowest BCUT2D eigenvalue weighted by molar-refractivity contribution is -0.110. The minimum absolute atomic E-state index is 0.146. The van der Waals surface area contributed by atoms with E-state index in [0.29, 0.717) is 0 Å². The maximum Gasteiger partial charge on any atom is 0.241 e. The first-order valence-electron chi connectivity index (χ1n) is 5.84. The summed E-state index contributed by atoms with van der Waals surface area (Å²) in [5.41, 5.74) is 0.116. The van der Waals surface area contributed by atoms with Crippen molar-refractivity contribution in [1.29, 1.82) is 0 Å². The molecule has 100 valence electrons. The van der Waals surface area contributed by atoms with Crippen LogP contribution in [-0.2, 0) is 14.8 Å². The Morgan fingerprint density at radius 1 is 1.05 bits per heavy atom. The maximum atomic E-state index is 12.2. The van der Waals surface area contributed by atoms with Gasteiger partial charge in [0.2, 0.25) is 10.0 Å². The summed E-state index contributed by atoms with van der Waals surface area (Å²) in [5, 5.41) is 0. The number of allylic oxidation sites excluding steroid dienone is 2. The Bertz CT molecular complexity index is 638. The van der Waals surface area contributed by atoms with Crippen LogP contribution in [0.4, 0.5) is 0 Å². The quantitative estimate of drug-likeness (QED) is 0.915. The van der Waals surface area contributed by atoms with Crippen LogP contribution in [0.15, 0.2) is 53.5 Å². The highest BCUT2D eigenvalue weighted by Crippen LogP contribution is 2.18. The molecule has 0 saturated heterocycles. The number of carbonyl (C=O) groups is 1. The second-order valence-electron chi connectivity index (χ2n) is 4.77. The maximum absolute atomic E-state index is 12.2. The summed E-state index contributed by atoms with van der Waals surface area (Å²) in [6, 6.07) is 6.60. The van der Waals surface area contributed by atoms with Gasteiger partial charge in [0.05, 0.1) is 10.4 Å². The van der Waals surface area contributed by atoms with E-state index in [2.05, 4.69) is 4.72 Å². The van der Waals surface area contributed by atoms with Gasteiger partial charge in [-0.25, -0.2) is 8.42 Å². The highest BCUT2D eigenvalue weighted by molar-refractivity contribution is 7.89. The SMILES string of the molecule is Cc1ccc(S(=O)(=O)NC2(C)C=CC(=O)C=C2)cc1. The van der Waals surface area contributed by atoms with E-state index in [1.165, 1.54) is 12.2 Å². The standard InChI is InChI=1S/C14H15NO3S/c1-11-3-5-13(6-4-11)19(17,18)15-14(2)9-7-12(16)8-10-14/h3-10,15H,1-2H3. The topological polar surface area (TPSA) is 63.2 Å². The Kier molecular flexibility index (Phi) is 3.43. The molecular weight excluding hydrogens is 262 g/mol.